The van der Waals surface area contributed by atoms with Gasteiger partial charge in [0.15, 0.2) is 9.84 Å². The summed E-state index contributed by atoms with van der Waals surface area (Å²) in [6, 6.07) is 3.22. The number of carbonyl (C=O) groups excluding carboxylic acids is 1. The Hall–Kier alpha value is -2.39. The molecule has 8 nitrogen and oxygen atoms in total. The van der Waals surface area contributed by atoms with Crippen LogP contribution in [0.3, 0.4) is 0 Å². The van der Waals surface area contributed by atoms with Crippen LogP contribution in [-0.4, -0.2) is 50.2 Å². The highest BCUT2D eigenvalue weighted by molar-refractivity contribution is 7.91. The third-order valence-corrected chi connectivity index (χ3v) is 7.48. The molecule has 2 aliphatic heterocycles. The van der Waals surface area contributed by atoms with Crippen molar-refractivity contribution in [3.63, 3.8) is 0 Å². The Labute approximate surface area is 174 Å². The first-order valence-corrected chi connectivity index (χ1v) is 11.9. The van der Waals surface area contributed by atoms with Crippen LogP contribution in [-0.2, 0) is 32.3 Å². The van der Waals surface area contributed by atoms with Gasteiger partial charge in [-0.05, 0) is 43.9 Å². The number of esters is 1. The maximum atomic E-state index is 12.0. The topological polar surface area (TPSA) is 103 Å². The summed E-state index contributed by atoms with van der Waals surface area (Å²) in [6.45, 7) is 4.61. The number of aryl methyl sites for hydroxylation is 2. The first-order chi connectivity index (χ1) is 14.3. The molecule has 3 heterocycles. The van der Waals surface area contributed by atoms with Crippen LogP contribution in [0, 0.1) is 6.92 Å². The fraction of sp³-hybridized carbons (Fsp3) is 0.524. The molecule has 0 amide bonds. The maximum absolute atomic E-state index is 12.0. The lowest BCUT2D eigenvalue weighted by atomic mass is 9.97. The zero-order valence-corrected chi connectivity index (χ0v) is 17.9. The number of carbonyl (C=O) groups is 1. The molecule has 1 fully saturated rings. The largest absolute Gasteiger partial charge is 0.477 e. The Morgan fingerprint density at radius 1 is 1.33 bits per heavy atom. The van der Waals surface area contributed by atoms with Crippen molar-refractivity contribution >= 4 is 26.8 Å². The van der Waals surface area contributed by atoms with Crippen molar-refractivity contribution in [2.24, 2.45) is 0 Å². The molecule has 1 aromatic heterocycles. The number of fused-ring (bicyclic) bond motifs is 3. The van der Waals surface area contributed by atoms with Gasteiger partial charge >= 0.3 is 11.6 Å². The summed E-state index contributed by atoms with van der Waals surface area (Å²) in [5, 5.41) is 0.789. The number of rotatable bonds is 5. The highest BCUT2D eigenvalue weighted by Gasteiger charge is 2.36. The molecule has 0 spiro atoms. The normalized spacial score (nSPS) is 20.7. The maximum Gasteiger partial charge on any atom is 0.336 e. The minimum atomic E-state index is -3.03. The SMILES string of the molecule is CCOC(=O)CCc1cc2c(C)cc(=O)oc2c2c1OCN(C1CCS(=O)(=O)C1)C2. The van der Waals surface area contributed by atoms with E-state index in [4.69, 9.17) is 13.9 Å². The van der Waals surface area contributed by atoms with E-state index in [9.17, 15) is 18.0 Å². The van der Waals surface area contributed by atoms with Gasteiger partial charge in [0.25, 0.3) is 0 Å². The van der Waals surface area contributed by atoms with Crippen molar-refractivity contribution in [1.29, 1.82) is 0 Å². The third kappa shape index (κ3) is 4.09. The molecule has 1 unspecified atom stereocenters. The molecule has 2 aromatic rings. The van der Waals surface area contributed by atoms with Crippen LogP contribution >= 0.6 is 0 Å². The number of ether oxygens (including phenoxy) is 2. The molecule has 2 aliphatic rings. The number of nitrogens with zero attached hydrogens (tertiary/aromatic N) is 1. The van der Waals surface area contributed by atoms with E-state index in [0.29, 0.717) is 37.3 Å². The summed E-state index contributed by atoms with van der Waals surface area (Å²) in [4.78, 5) is 25.9. The Morgan fingerprint density at radius 2 is 2.13 bits per heavy atom. The average Bonchev–Trinajstić information content (AvgIpc) is 3.06. The summed E-state index contributed by atoms with van der Waals surface area (Å²) in [5.41, 5.74) is 2.37. The summed E-state index contributed by atoms with van der Waals surface area (Å²) in [7, 11) is -3.03. The van der Waals surface area contributed by atoms with E-state index in [1.807, 2.05) is 17.9 Å². The van der Waals surface area contributed by atoms with E-state index >= 15 is 0 Å². The van der Waals surface area contributed by atoms with Crippen LogP contribution in [0.2, 0.25) is 0 Å². The molecule has 9 heteroatoms. The van der Waals surface area contributed by atoms with Crippen molar-refractivity contribution in [3.05, 3.63) is 39.2 Å². The molecular formula is C21H25NO7S. The lowest BCUT2D eigenvalue weighted by Gasteiger charge is -2.34. The fourth-order valence-electron chi connectivity index (χ4n) is 4.23. The molecule has 0 radical (unpaired) electrons. The van der Waals surface area contributed by atoms with E-state index in [0.717, 1.165) is 22.1 Å². The van der Waals surface area contributed by atoms with Crippen molar-refractivity contribution in [2.75, 3.05) is 24.8 Å². The lowest BCUT2D eigenvalue weighted by molar-refractivity contribution is -0.143. The molecule has 162 valence electrons. The van der Waals surface area contributed by atoms with Gasteiger partial charge in [-0.25, -0.2) is 13.2 Å². The molecule has 0 N–H and O–H groups in total. The second kappa shape index (κ2) is 8.03. The summed E-state index contributed by atoms with van der Waals surface area (Å²) in [6.07, 6.45) is 1.22. The monoisotopic (exact) mass is 435 g/mol. The standard InChI is InChI=1S/C21H25NO7S/c1-3-27-18(23)5-4-14-9-16-13(2)8-19(24)29-21(16)17-10-22(12-28-20(14)17)15-6-7-30(25,26)11-15/h8-9,15H,3-7,10-12H2,1-2H3. The zero-order chi connectivity index (χ0) is 21.5. The number of sulfone groups is 1. The van der Waals surface area contributed by atoms with Crippen LogP contribution in [0.15, 0.2) is 21.3 Å². The minimum Gasteiger partial charge on any atom is -0.477 e. The summed E-state index contributed by atoms with van der Waals surface area (Å²) >= 11 is 0. The molecule has 0 bridgehead atoms. The van der Waals surface area contributed by atoms with Gasteiger partial charge in [-0.3, -0.25) is 9.69 Å². The molecule has 30 heavy (non-hydrogen) atoms. The van der Waals surface area contributed by atoms with E-state index in [1.165, 1.54) is 6.07 Å². The zero-order valence-electron chi connectivity index (χ0n) is 17.1. The van der Waals surface area contributed by atoms with Gasteiger partial charge in [0.05, 0.1) is 23.7 Å². The Morgan fingerprint density at radius 3 is 2.83 bits per heavy atom. The van der Waals surface area contributed by atoms with Crippen molar-refractivity contribution < 1.29 is 27.1 Å². The van der Waals surface area contributed by atoms with Gasteiger partial charge in [0.2, 0.25) is 0 Å². The van der Waals surface area contributed by atoms with Crippen LogP contribution in [0.5, 0.6) is 5.75 Å². The first-order valence-electron chi connectivity index (χ1n) is 10.1. The molecule has 1 aromatic carbocycles. The lowest BCUT2D eigenvalue weighted by Crippen LogP contribution is -2.41. The van der Waals surface area contributed by atoms with E-state index < -0.39 is 15.5 Å². The summed E-state index contributed by atoms with van der Waals surface area (Å²) in [5.74, 6) is 0.610. The van der Waals surface area contributed by atoms with Crippen molar-refractivity contribution in [1.82, 2.24) is 4.90 Å². The second-order valence-corrected chi connectivity index (χ2v) is 10.1. The number of hydrogen-bond donors (Lipinski definition) is 0. The summed E-state index contributed by atoms with van der Waals surface area (Å²) < 4.78 is 40.5. The van der Waals surface area contributed by atoms with Crippen LogP contribution < -0.4 is 10.4 Å². The predicted octanol–water partition coefficient (Wildman–Crippen LogP) is 1.94. The smallest absolute Gasteiger partial charge is 0.336 e. The number of benzene rings is 1. The van der Waals surface area contributed by atoms with Crippen LogP contribution in [0.25, 0.3) is 11.0 Å². The van der Waals surface area contributed by atoms with Gasteiger partial charge in [0, 0.05) is 30.5 Å². The van der Waals surface area contributed by atoms with Crippen molar-refractivity contribution in [2.45, 2.75) is 45.7 Å². The molecule has 1 saturated heterocycles. The van der Waals surface area contributed by atoms with Gasteiger partial charge in [0.1, 0.15) is 18.1 Å². The van der Waals surface area contributed by atoms with E-state index in [2.05, 4.69) is 0 Å². The second-order valence-electron chi connectivity index (χ2n) is 7.85. The van der Waals surface area contributed by atoms with Crippen molar-refractivity contribution in [3.8, 4) is 5.75 Å². The van der Waals surface area contributed by atoms with Gasteiger partial charge in [-0.2, -0.15) is 0 Å². The molecule has 1 atom stereocenters. The highest BCUT2D eigenvalue weighted by Crippen LogP contribution is 2.38. The molecule has 4 rings (SSSR count). The molecular weight excluding hydrogens is 410 g/mol. The highest BCUT2D eigenvalue weighted by atomic mass is 32.2. The number of hydrogen-bond acceptors (Lipinski definition) is 8. The van der Waals surface area contributed by atoms with Gasteiger partial charge in [-0.1, -0.05) is 0 Å². The quantitative estimate of drug-likeness (QED) is 0.519. The Kier molecular flexibility index (Phi) is 5.59. The van der Waals surface area contributed by atoms with Crippen LogP contribution in [0.4, 0.5) is 0 Å². The molecule has 0 saturated carbocycles. The predicted molar refractivity (Wildman–Crippen MR) is 110 cm³/mol. The van der Waals surface area contributed by atoms with E-state index in [1.54, 1.807) is 6.92 Å². The van der Waals surface area contributed by atoms with Gasteiger partial charge < -0.3 is 13.9 Å². The average molecular weight is 435 g/mol. The third-order valence-electron chi connectivity index (χ3n) is 5.73. The minimum absolute atomic E-state index is 0.106. The fourth-order valence-corrected chi connectivity index (χ4v) is 5.99. The molecule has 0 aliphatic carbocycles. The first kappa shape index (κ1) is 20.9. The van der Waals surface area contributed by atoms with Crippen LogP contribution in [0.1, 0.15) is 36.5 Å². The van der Waals surface area contributed by atoms with E-state index in [-0.39, 0.29) is 36.7 Å². The van der Waals surface area contributed by atoms with Gasteiger partial charge in [-0.15, -0.1) is 0 Å². The Bertz CT molecular complexity index is 1150. The Balaban J connectivity index is 1.73.